The van der Waals surface area contributed by atoms with Gasteiger partial charge in [-0.1, -0.05) is 30.0 Å². The summed E-state index contributed by atoms with van der Waals surface area (Å²) < 4.78 is 5.00. The molecule has 0 aliphatic rings. The average molecular weight is 291 g/mol. The Bertz CT molecular complexity index is 601. The molecule has 1 aromatic carbocycles. The molecule has 0 unspecified atom stereocenters. The predicted molar refractivity (Wildman–Crippen MR) is 79.0 cm³/mol. The van der Waals surface area contributed by atoms with Crippen LogP contribution < -0.4 is 10.9 Å². The number of H-pyrrole nitrogens is 1. The maximum absolute atomic E-state index is 11.3. The summed E-state index contributed by atoms with van der Waals surface area (Å²) in [7, 11) is 1.68. The van der Waals surface area contributed by atoms with Gasteiger partial charge in [0, 0.05) is 37.4 Å². The van der Waals surface area contributed by atoms with E-state index in [2.05, 4.69) is 21.4 Å². The maximum Gasteiger partial charge on any atom is 0.251 e. The van der Waals surface area contributed by atoms with E-state index in [9.17, 15) is 4.79 Å². The lowest BCUT2D eigenvalue weighted by molar-refractivity contribution is 0.199. The predicted octanol–water partition coefficient (Wildman–Crippen LogP) is 1.66. The Morgan fingerprint density at radius 3 is 3.00 bits per heavy atom. The molecular formula is C14H17N3O2S. The van der Waals surface area contributed by atoms with Crippen molar-refractivity contribution in [1.82, 2.24) is 15.3 Å². The number of hydrogen-bond donors (Lipinski definition) is 2. The number of hydrogen-bond acceptors (Lipinski definition) is 5. The van der Waals surface area contributed by atoms with Crippen molar-refractivity contribution >= 4 is 11.8 Å². The molecule has 2 aromatic rings. The fraction of sp³-hybridized carbons (Fsp3) is 0.286. The molecule has 0 saturated carbocycles. The molecule has 0 aliphatic carbocycles. The number of aromatic nitrogens is 2. The SMILES string of the molecule is COCCNCc1ccccc1Sc1nccc(=O)[nH]1. The highest BCUT2D eigenvalue weighted by molar-refractivity contribution is 7.99. The third kappa shape index (κ3) is 4.48. The van der Waals surface area contributed by atoms with Crippen LogP contribution in [0, 0.1) is 0 Å². The van der Waals surface area contributed by atoms with Crippen LogP contribution in [0.2, 0.25) is 0 Å². The van der Waals surface area contributed by atoms with Crippen molar-refractivity contribution in [1.29, 1.82) is 0 Å². The summed E-state index contributed by atoms with van der Waals surface area (Å²) >= 11 is 1.45. The lowest BCUT2D eigenvalue weighted by Gasteiger charge is -2.09. The topological polar surface area (TPSA) is 67.0 Å². The van der Waals surface area contributed by atoms with E-state index in [1.54, 1.807) is 7.11 Å². The molecule has 6 heteroatoms. The van der Waals surface area contributed by atoms with Crippen molar-refractivity contribution in [2.45, 2.75) is 16.6 Å². The Kier molecular flexibility index (Phi) is 5.79. The van der Waals surface area contributed by atoms with Gasteiger partial charge in [0.2, 0.25) is 0 Å². The minimum absolute atomic E-state index is 0.141. The monoisotopic (exact) mass is 291 g/mol. The van der Waals surface area contributed by atoms with E-state index in [4.69, 9.17) is 4.74 Å². The summed E-state index contributed by atoms with van der Waals surface area (Å²) in [6.07, 6.45) is 1.51. The fourth-order valence-corrected chi connectivity index (χ4v) is 2.55. The van der Waals surface area contributed by atoms with Gasteiger partial charge in [-0.3, -0.25) is 4.79 Å². The first-order valence-electron chi connectivity index (χ1n) is 6.30. The third-order valence-electron chi connectivity index (χ3n) is 2.63. The molecule has 1 heterocycles. The first-order valence-corrected chi connectivity index (χ1v) is 7.12. The number of ether oxygens (including phenoxy) is 1. The van der Waals surface area contributed by atoms with Crippen LogP contribution in [-0.2, 0) is 11.3 Å². The van der Waals surface area contributed by atoms with E-state index in [0.29, 0.717) is 11.8 Å². The van der Waals surface area contributed by atoms with Crippen LogP contribution in [-0.4, -0.2) is 30.2 Å². The number of benzene rings is 1. The first kappa shape index (κ1) is 14.8. The van der Waals surface area contributed by atoms with Gasteiger partial charge >= 0.3 is 0 Å². The number of nitrogens with zero attached hydrogens (tertiary/aromatic N) is 1. The van der Waals surface area contributed by atoms with Gasteiger partial charge in [0.1, 0.15) is 0 Å². The zero-order valence-electron chi connectivity index (χ0n) is 11.3. The second kappa shape index (κ2) is 7.84. The van der Waals surface area contributed by atoms with E-state index in [0.717, 1.165) is 18.0 Å². The van der Waals surface area contributed by atoms with E-state index in [1.807, 2.05) is 18.2 Å². The summed E-state index contributed by atoms with van der Waals surface area (Å²) in [6, 6.07) is 9.46. The number of rotatable bonds is 7. The fourth-order valence-electron chi connectivity index (χ4n) is 1.65. The van der Waals surface area contributed by atoms with Gasteiger partial charge < -0.3 is 15.0 Å². The van der Waals surface area contributed by atoms with Crippen LogP contribution in [0.4, 0.5) is 0 Å². The molecule has 0 atom stereocenters. The molecule has 0 radical (unpaired) electrons. The summed E-state index contributed by atoms with van der Waals surface area (Å²) in [4.78, 5) is 19.2. The highest BCUT2D eigenvalue weighted by Gasteiger charge is 2.05. The highest BCUT2D eigenvalue weighted by atomic mass is 32.2. The van der Waals surface area contributed by atoms with Crippen molar-refractivity contribution in [2.75, 3.05) is 20.3 Å². The largest absolute Gasteiger partial charge is 0.383 e. The molecule has 0 saturated heterocycles. The Hall–Kier alpha value is -1.63. The first-order chi connectivity index (χ1) is 9.79. The second-order valence-electron chi connectivity index (χ2n) is 4.12. The Balaban J connectivity index is 2.05. The molecule has 0 bridgehead atoms. The van der Waals surface area contributed by atoms with Crippen molar-refractivity contribution in [3.05, 3.63) is 52.4 Å². The lowest BCUT2D eigenvalue weighted by atomic mass is 10.2. The van der Waals surface area contributed by atoms with E-state index < -0.39 is 0 Å². The molecule has 0 spiro atoms. The Morgan fingerprint density at radius 1 is 1.35 bits per heavy atom. The van der Waals surface area contributed by atoms with Crippen molar-refractivity contribution in [2.24, 2.45) is 0 Å². The van der Waals surface area contributed by atoms with Gasteiger partial charge in [-0.2, -0.15) is 0 Å². The van der Waals surface area contributed by atoms with Crippen molar-refractivity contribution in [3.8, 4) is 0 Å². The smallest absolute Gasteiger partial charge is 0.251 e. The molecule has 20 heavy (non-hydrogen) atoms. The van der Waals surface area contributed by atoms with Gasteiger partial charge in [0.15, 0.2) is 5.16 Å². The van der Waals surface area contributed by atoms with E-state index in [-0.39, 0.29) is 5.56 Å². The average Bonchev–Trinajstić information content (AvgIpc) is 2.45. The van der Waals surface area contributed by atoms with Gasteiger partial charge in [0.05, 0.1) is 6.61 Å². The second-order valence-corrected chi connectivity index (χ2v) is 5.15. The Morgan fingerprint density at radius 2 is 2.20 bits per heavy atom. The maximum atomic E-state index is 11.3. The van der Waals surface area contributed by atoms with Crippen LogP contribution in [0.1, 0.15) is 5.56 Å². The minimum Gasteiger partial charge on any atom is -0.383 e. The van der Waals surface area contributed by atoms with Crippen LogP contribution in [0.25, 0.3) is 0 Å². The normalized spacial score (nSPS) is 10.7. The summed E-state index contributed by atoms with van der Waals surface area (Å²) in [6.45, 7) is 2.24. The van der Waals surface area contributed by atoms with Crippen LogP contribution in [0.15, 0.2) is 51.4 Å². The zero-order valence-corrected chi connectivity index (χ0v) is 12.1. The minimum atomic E-state index is -0.141. The molecule has 0 aliphatic heterocycles. The molecule has 1 aromatic heterocycles. The Labute approximate surface area is 121 Å². The molecule has 2 N–H and O–H groups in total. The van der Waals surface area contributed by atoms with Gasteiger partial charge in [0.25, 0.3) is 5.56 Å². The number of nitrogens with one attached hydrogen (secondary N) is 2. The summed E-state index contributed by atoms with van der Waals surface area (Å²) in [5, 5.41) is 3.91. The molecule has 2 rings (SSSR count). The van der Waals surface area contributed by atoms with Gasteiger partial charge in [-0.05, 0) is 11.6 Å². The van der Waals surface area contributed by atoms with E-state index in [1.165, 1.54) is 29.6 Å². The summed E-state index contributed by atoms with van der Waals surface area (Å²) in [5.41, 5.74) is 1.03. The van der Waals surface area contributed by atoms with Crippen LogP contribution >= 0.6 is 11.8 Å². The third-order valence-corrected chi connectivity index (χ3v) is 3.64. The zero-order chi connectivity index (χ0) is 14.2. The lowest BCUT2D eigenvalue weighted by Crippen LogP contribution is -2.18. The number of aromatic amines is 1. The molecule has 106 valence electrons. The molecule has 0 amide bonds. The van der Waals surface area contributed by atoms with Crippen LogP contribution in [0.5, 0.6) is 0 Å². The number of methoxy groups -OCH3 is 1. The molecule has 0 fully saturated rings. The molecule has 5 nitrogen and oxygen atoms in total. The van der Waals surface area contributed by atoms with Crippen molar-refractivity contribution in [3.63, 3.8) is 0 Å². The quantitative estimate of drug-likeness (QED) is 0.600. The van der Waals surface area contributed by atoms with Crippen molar-refractivity contribution < 1.29 is 4.74 Å². The van der Waals surface area contributed by atoms with Gasteiger partial charge in [-0.15, -0.1) is 0 Å². The highest BCUT2D eigenvalue weighted by Crippen LogP contribution is 2.26. The van der Waals surface area contributed by atoms with Crippen LogP contribution in [0.3, 0.4) is 0 Å². The molecular weight excluding hydrogens is 274 g/mol. The standard InChI is InChI=1S/C14H17N3O2S/c1-19-9-8-15-10-11-4-2-3-5-12(11)20-14-16-7-6-13(18)17-14/h2-7,15H,8-10H2,1H3,(H,16,17,18). The van der Waals surface area contributed by atoms with E-state index >= 15 is 0 Å². The van der Waals surface area contributed by atoms with Gasteiger partial charge in [-0.25, -0.2) is 4.98 Å². The summed E-state index contributed by atoms with van der Waals surface area (Å²) in [5.74, 6) is 0.